The third-order valence-electron chi connectivity index (χ3n) is 3.31. The zero-order chi connectivity index (χ0) is 14.2. The molecule has 0 atom stereocenters. The lowest BCUT2D eigenvalue weighted by Gasteiger charge is -2.17. The molecule has 2 rings (SSSR count). The first kappa shape index (κ1) is 13.9. The fourth-order valence-electron chi connectivity index (χ4n) is 1.99. The number of fused-ring (bicyclic) bond motifs is 1. The van der Waals surface area contributed by atoms with Gasteiger partial charge >= 0.3 is 5.97 Å². The second-order valence-corrected chi connectivity index (χ2v) is 11.7. The fourth-order valence-corrected chi connectivity index (χ4v) is 2.70. The van der Waals surface area contributed by atoms with E-state index in [0.29, 0.717) is 23.5 Å². The number of hydrogen-bond donors (Lipinski definition) is 1. The highest BCUT2D eigenvalue weighted by atomic mass is 28.3. The molecule has 1 aromatic rings. The van der Waals surface area contributed by atoms with Gasteiger partial charge in [0.1, 0.15) is 23.7 Å². The summed E-state index contributed by atoms with van der Waals surface area (Å²) in [5.41, 5.74) is 1.91. The van der Waals surface area contributed by atoms with Crippen molar-refractivity contribution in [3.05, 3.63) is 22.8 Å². The number of benzene rings is 1. The van der Waals surface area contributed by atoms with Crippen molar-refractivity contribution in [3.8, 4) is 11.5 Å². The number of hydrogen-bond acceptors (Lipinski definition) is 4. The van der Waals surface area contributed by atoms with Crippen molar-refractivity contribution in [3.63, 3.8) is 0 Å². The Labute approximate surface area is 114 Å². The van der Waals surface area contributed by atoms with Gasteiger partial charge in [0.25, 0.3) is 0 Å². The first-order valence-corrected chi connectivity index (χ1v) is 10.2. The van der Waals surface area contributed by atoms with E-state index >= 15 is 0 Å². The highest BCUT2D eigenvalue weighted by Gasteiger charge is 2.29. The molecule has 0 radical (unpaired) electrons. The number of carbonyl (C=O) groups is 1. The van der Waals surface area contributed by atoms with Crippen LogP contribution in [0.1, 0.15) is 21.5 Å². The van der Waals surface area contributed by atoms with Gasteiger partial charge in [-0.1, -0.05) is 19.6 Å². The summed E-state index contributed by atoms with van der Waals surface area (Å²) >= 11 is 0. The molecule has 0 unspecified atom stereocenters. The average Bonchev–Trinajstić information content (AvgIpc) is 2.66. The first-order chi connectivity index (χ1) is 8.79. The van der Waals surface area contributed by atoms with Crippen molar-refractivity contribution in [2.75, 3.05) is 6.61 Å². The molecule has 1 aliphatic rings. The number of aromatic hydroxyl groups is 1. The molecule has 0 aromatic heterocycles. The average molecular weight is 280 g/mol. The normalized spacial score (nSPS) is 14.2. The van der Waals surface area contributed by atoms with Crippen LogP contribution in [0.25, 0.3) is 0 Å². The number of esters is 1. The van der Waals surface area contributed by atoms with E-state index in [1.54, 1.807) is 6.92 Å². The smallest absolute Gasteiger partial charge is 0.342 e. The Kier molecular flexibility index (Phi) is 3.58. The molecule has 104 valence electrons. The summed E-state index contributed by atoms with van der Waals surface area (Å²) in [5.74, 6) is 0.236. The molecular formula is C14H20O4Si. The van der Waals surface area contributed by atoms with Gasteiger partial charge < -0.3 is 14.6 Å². The molecule has 19 heavy (non-hydrogen) atoms. The fraction of sp³-hybridized carbons (Fsp3) is 0.500. The second-order valence-electron chi connectivity index (χ2n) is 6.11. The van der Waals surface area contributed by atoms with Gasteiger partial charge in [-0.05, 0) is 18.5 Å². The lowest BCUT2D eigenvalue weighted by molar-refractivity contribution is 0.0532. The van der Waals surface area contributed by atoms with E-state index in [9.17, 15) is 9.90 Å². The van der Waals surface area contributed by atoms with Gasteiger partial charge in [-0.15, -0.1) is 0 Å². The van der Waals surface area contributed by atoms with Gasteiger partial charge in [-0.25, -0.2) is 4.79 Å². The Bertz CT molecular complexity index is 517. The lowest BCUT2D eigenvalue weighted by atomic mass is 10.0. The van der Waals surface area contributed by atoms with E-state index in [1.165, 1.54) is 6.07 Å². The Morgan fingerprint density at radius 1 is 1.42 bits per heavy atom. The highest BCUT2D eigenvalue weighted by molar-refractivity contribution is 6.76. The van der Waals surface area contributed by atoms with E-state index < -0.39 is 8.07 Å². The van der Waals surface area contributed by atoms with E-state index in [2.05, 4.69) is 19.6 Å². The van der Waals surface area contributed by atoms with Crippen LogP contribution in [0.5, 0.6) is 11.5 Å². The van der Waals surface area contributed by atoms with E-state index in [1.807, 2.05) is 0 Å². The van der Waals surface area contributed by atoms with Crippen LogP contribution in [0.15, 0.2) is 6.07 Å². The first-order valence-electron chi connectivity index (χ1n) is 6.45. The second kappa shape index (κ2) is 4.88. The summed E-state index contributed by atoms with van der Waals surface area (Å²) in [6.45, 7) is 9.36. The summed E-state index contributed by atoms with van der Waals surface area (Å²) in [7, 11) is -1.18. The Hall–Kier alpha value is -1.49. The van der Waals surface area contributed by atoms with Crippen LogP contribution in [-0.4, -0.2) is 25.8 Å². The van der Waals surface area contributed by atoms with Crippen molar-refractivity contribution in [1.82, 2.24) is 0 Å². The molecule has 0 aliphatic carbocycles. The third kappa shape index (κ3) is 2.92. The van der Waals surface area contributed by atoms with Crippen molar-refractivity contribution in [2.24, 2.45) is 0 Å². The largest absolute Gasteiger partial charge is 0.508 e. The number of cyclic esters (lactones) is 1. The monoisotopic (exact) mass is 280 g/mol. The molecule has 1 aliphatic heterocycles. The predicted octanol–water partition coefficient (Wildman–Crippen LogP) is 3.09. The molecule has 0 spiro atoms. The highest BCUT2D eigenvalue weighted by Crippen LogP contribution is 2.37. The van der Waals surface area contributed by atoms with Crippen molar-refractivity contribution >= 4 is 14.0 Å². The molecule has 1 N–H and O–H groups in total. The molecule has 0 saturated heterocycles. The van der Waals surface area contributed by atoms with Gasteiger partial charge in [0.2, 0.25) is 0 Å². The topological polar surface area (TPSA) is 55.8 Å². The van der Waals surface area contributed by atoms with Crippen LogP contribution in [0.2, 0.25) is 25.7 Å². The summed E-state index contributed by atoms with van der Waals surface area (Å²) < 4.78 is 10.7. The minimum Gasteiger partial charge on any atom is -0.508 e. The molecule has 0 fully saturated rings. The van der Waals surface area contributed by atoms with E-state index in [4.69, 9.17) is 9.47 Å². The summed E-state index contributed by atoms with van der Waals surface area (Å²) in [6.07, 6.45) is 0. The van der Waals surface area contributed by atoms with Crippen LogP contribution < -0.4 is 4.74 Å². The Morgan fingerprint density at radius 2 is 2.11 bits per heavy atom. The number of carbonyl (C=O) groups excluding carboxylic acids is 1. The maximum absolute atomic E-state index is 11.7. The van der Waals surface area contributed by atoms with E-state index in [-0.39, 0.29) is 18.3 Å². The van der Waals surface area contributed by atoms with Gasteiger partial charge in [0, 0.05) is 19.7 Å². The van der Waals surface area contributed by atoms with Crippen LogP contribution >= 0.6 is 0 Å². The summed E-state index contributed by atoms with van der Waals surface area (Å²) in [5, 5.41) is 9.87. The molecule has 0 amide bonds. The molecule has 0 bridgehead atoms. The maximum Gasteiger partial charge on any atom is 0.342 e. The van der Waals surface area contributed by atoms with Gasteiger partial charge in [0.15, 0.2) is 0 Å². The summed E-state index contributed by atoms with van der Waals surface area (Å²) in [6, 6.07) is 2.52. The van der Waals surface area contributed by atoms with Crippen LogP contribution in [0, 0.1) is 6.92 Å². The molecule has 5 heteroatoms. The van der Waals surface area contributed by atoms with Crippen LogP contribution in [0.3, 0.4) is 0 Å². The number of rotatable bonds is 4. The molecule has 0 saturated carbocycles. The summed E-state index contributed by atoms with van der Waals surface area (Å²) in [4.78, 5) is 11.7. The minimum absolute atomic E-state index is 0.153. The van der Waals surface area contributed by atoms with Crippen molar-refractivity contribution in [2.45, 2.75) is 39.2 Å². The number of phenols is 1. The number of phenolic OH excluding ortho intramolecular Hbond substituents is 1. The zero-order valence-corrected chi connectivity index (χ0v) is 12.9. The predicted molar refractivity (Wildman–Crippen MR) is 75.6 cm³/mol. The molecule has 4 nitrogen and oxygen atoms in total. The van der Waals surface area contributed by atoms with Gasteiger partial charge in [0.05, 0.1) is 6.61 Å². The molecular weight excluding hydrogens is 260 g/mol. The molecule has 1 aromatic carbocycles. The lowest BCUT2D eigenvalue weighted by Crippen LogP contribution is -2.22. The Balaban J connectivity index is 2.24. The van der Waals surface area contributed by atoms with Crippen molar-refractivity contribution < 1.29 is 19.4 Å². The SMILES string of the molecule is Cc1c(O)cc(OCC[Si](C)(C)C)c2c1COC2=O. The van der Waals surface area contributed by atoms with Crippen LogP contribution in [-0.2, 0) is 11.3 Å². The minimum atomic E-state index is -1.18. The van der Waals surface area contributed by atoms with E-state index in [0.717, 1.165) is 11.6 Å². The quantitative estimate of drug-likeness (QED) is 0.680. The Morgan fingerprint density at radius 3 is 2.74 bits per heavy atom. The van der Waals surface area contributed by atoms with Gasteiger partial charge in [-0.2, -0.15) is 0 Å². The standard InChI is InChI=1S/C14H20O4Si/c1-9-10-8-18-14(16)13(10)12(7-11(9)15)17-5-6-19(2,3)4/h7,15H,5-6,8H2,1-4H3. The zero-order valence-electron chi connectivity index (χ0n) is 11.9. The van der Waals surface area contributed by atoms with Crippen LogP contribution in [0.4, 0.5) is 0 Å². The third-order valence-corrected chi connectivity index (χ3v) is 5.02. The maximum atomic E-state index is 11.7. The van der Waals surface area contributed by atoms with Gasteiger partial charge in [-0.3, -0.25) is 0 Å². The molecule has 1 heterocycles. The van der Waals surface area contributed by atoms with Crippen molar-refractivity contribution in [1.29, 1.82) is 0 Å². The number of ether oxygens (including phenoxy) is 2.